The summed E-state index contributed by atoms with van der Waals surface area (Å²) in [5.41, 5.74) is 0. The minimum absolute atomic E-state index is 0.0625. The summed E-state index contributed by atoms with van der Waals surface area (Å²) < 4.78 is 29.8. The highest BCUT2D eigenvalue weighted by atomic mass is 32.2. The van der Waals surface area contributed by atoms with E-state index in [9.17, 15) is 8.42 Å². The van der Waals surface area contributed by atoms with Crippen LogP contribution in [0.3, 0.4) is 0 Å². The Bertz CT molecular complexity index is 278. The summed E-state index contributed by atoms with van der Waals surface area (Å²) in [6.07, 6.45) is 2.45. The number of sulfonamides is 1. The van der Waals surface area contributed by atoms with Crippen molar-refractivity contribution in [1.82, 2.24) is 4.47 Å². The van der Waals surface area contributed by atoms with Crippen molar-refractivity contribution in [1.29, 1.82) is 0 Å². The third-order valence-electron chi connectivity index (χ3n) is 2.45. The zero-order chi connectivity index (χ0) is 10.0. The van der Waals surface area contributed by atoms with Crippen LogP contribution in [-0.2, 0) is 19.6 Å². The molecule has 2 saturated heterocycles. The second kappa shape index (κ2) is 4.14. The quantitative estimate of drug-likeness (QED) is 0.680. The number of ether oxygens (including phenoxy) is 1. The van der Waals surface area contributed by atoms with Crippen LogP contribution in [0.5, 0.6) is 0 Å². The van der Waals surface area contributed by atoms with E-state index >= 15 is 0 Å². The van der Waals surface area contributed by atoms with Crippen LogP contribution < -0.4 is 0 Å². The van der Waals surface area contributed by atoms with E-state index in [0.717, 1.165) is 23.7 Å². The van der Waals surface area contributed by atoms with Crippen LogP contribution in [-0.4, -0.2) is 44.5 Å². The van der Waals surface area contributed by atoms with Gasteiger partial charge in [0.05, 0.1) is 18.5 Å². The summed E-state index contributed by atoms with van der Waals surface area (Å²) in [7, 11) is -3.26. The third-order valence-corrected chi connectivity index (χ3v) is 4.15. The van der Waals surface area contributed by atoms with Crippen LogP contribution in [0.15, 0.2) is 0 Å². The molecule has 5 nitrogen and oxygen atoms in total. The summed E-state index contributed by atoms with van der Waals surface area (Å²) in [5, 5.41) is 0. The molecule has 2 aliphatic rings. The average molecular weight is 221 g/mol. The Labute approximate surface area is 84.0 Å². The van der Waals surface area contributed by atoms with Crippen molar-refractivity contribution in [2.24, 2.45) is 0 Å². The summed E-state index contributed by atoms with van der Waals surface area (Å²) in [6.45, 7) is 1.67. The van der Waals surface area contributed by atoms with E-state index in [1.807, 2.05) is 0 Å². The van der Waals surface area contributed by atoms with E-state index in [4.69, 9.17) is 9.57 Å². The molecule has 0 saturated carbocycles. The van der Waals surface area contributed by atoms with Gasteiger partial charge in [-0.25, -0.2) is 8.42 Å². The molecule has 1 atom stereocenters. The van der Waals surface area contributed by atoms with Crippen LogP contribution in [0.1, 0.15) is 19.3 Å². The van der Waals surface area contributed by atoms with Gasteiger partial charge in [-0.15, -0.1) is 0 Å². The van der Waals surface area contributed by atoms with E-state index in [2.05, 4.69) is 0 Å². The SMILES string of the molecule is O=S(=O)(CC1CCCO1)N1CCCO1. The normalized spacial score (nSPS) is 29.9. The Morgan fingerprint density at radius 2 is 2.14 bits per heavy atom. The summed E-state index contributed by atoms with van der Waals surface area (Å²) >= 11 is 0. The van der Waals surface area contributed by atoms with Crippen LogP contribution in [0.4, 0.5) is 0 Å². The van der Waals surface area contributed by atoms with Gasteiger partial charge in [0, 0.05) is 13.2 Å². The molecule has 2 heterocycles. The standard InChI is InChI=1S/C8H15NO4S/c10-14(11,9-4-2-6-13-9)7-8-3-1-5-12-8/h8H,1-7H2. The highest BCUT2D eigenvalue weighted by Gasteiger charge is 2.31. The largest absolute Gasteiger partial charge is 0.377 e. The van der Waals surface area contributed by atoms with Gasteiger partial charge >= 0.3 is 0 Å². The number of nitrogens with zero attached hydrogens (tertiary/aromatic N) is 1. The molecule has 6 heteroatoms. The van der Waals surface area contributed by atoms with E-state index < -0.39 is 10.0 Å². The van der Waals surface area contributed by atoms with Crippen molar-refractivity contribution >= 4 is 10.0 Å². The van der Waals surface area contributed by atoms with Crippen molar-refractivity contribution in [3.63, 3.8) is 0 Å². The molecule has 0 radical (unpaired) electrons. The topological polar surface area (TPSA) is 55.8 Å². The molecule has 1 unspecified atom stereocenters. The Morgan fingerprint density at radius 3 is 2.71 bits per heavy atom. The second-order valence-electron chi connectivity index (χ2n) is 3.63. The molecule has 0 aromatic rings. The van der Waals surface area contributed by atoms with E-state index in [0.29, 0.717) is 19.8 Å². The van der Waals surface area contributed by atoms with Gasteiger partial charge in [0.25, 0.3) is 0 Å². The fourth-order valence-electron chi connectivity index (χ4n) is 1.74. The van der Waals surface area contributed by atoms with Crippen LogP contribution in [0.2, 0.25) is 0 Å². The molecule has 2 fully saturated rings. The summed E-state index contributed by atoms with van der Waals surface area (Å²) in [5.74, 6) is 0.0625. The third kappa shape index (κ3) is 2.25. The van der Waals surface area contributed by atoms with Crippen molar-refractivity contribution in [3.8, 4) is 0 Å². The fraction of sp³-hybridized carbons (Fsp3) is 1.00. The zero-order valence-corrected chi connectivity index (χ0v) is 8.83. The molecule has 14 heavy (non-hydrogen) atoms. The van der Waals surface area contributed by atoms with Gasteiger partial charge in [-0.1, -0.05) is 4.47 Å². The monoisotopic (exact) mass is 221 g/mol. The molecule has 0 aromatic carbocycles. The Hall–Kier alpha value is -0.170. The van der Waals surface area contributed by atoms with Gasteiger partial charge < -0.3 is 4.74 Å². The highest BCUT2D eigenvalue weighted by molar-refractivity contribution is 7.89. The van der Waals surface area contributed by atoms with Gasteiger partial charge in [0.2, 0.25) is 10.0 Å². The first-order chi connectivity index (χ1) is 6.68. The number of hydrogen-bond donors (Lipinski definition) is 0. The molecule has 0 aromatic heterocycles. The maximum absolute atomic E-state index is 11.7. The second-order valence-corrected chi connectivity index (χ2v) is 5.53. The predicted molar refractivity (Wildman–Crippen MR) is 50.0 cm³/mol. The van der Waals surface area contributed by atoms with Crippen molar-refractivity contribution in [3.05, 3.63) is 0 Å². The first kappa shape index (κ1) is 10.4. The zero-order valence-electron chi connectivity index (χ0n) is 8.02. The lowest BCUT2D eigenvalue weighted by Gasteiger charge is -2.16. The Morgan fingerprint density at radius 1 is 1.29 bits per heavy atom. The molecule has 2 rings (SSSR count). The Balaban J connectivity index is 1.93. The molecule has 0 aliphatic carbocycles. The van der Waals surface area contributed by atoms with Gasteiger partial charge in [-0.3, -0.25) is 4.84 Å². The first-order valence-corrected chi connectivity index (χ1v) is 6.54. The molecular weight excluding hydrogens is 206 g/mol. The number of hydrogen-bond acceptors (Lipinski definition) is 4. The van der Waals surface area contributed by atoms with Crippen LogP contribution in [0.25, 0.3) is 0 Å². The van der Waals surface area contributed by atoms with Gasteiger partial charge in [-0.05, 0) is 19.3 Å². The minimum Gasteiger partial charge on any atom is -0.377 e. The molecule has 82 valence electrons. The van der Waals surface area contributed by atoms with Crippen molar-refractivity contribution in [2.45, 2.75) is 25.4 Å². The van der Waals surface area contributed by atoms with Crippen LogP contribution >= 0.6 is 0 Å². The van der Waals surface area contributed by atoms with Gasteiger partial charge in [0.15, 0.2) is 0 Å². The first-order valence-electron chi connectivity index (χ1n) is 4.93. The van der Waals surface area contributed by atoms with Crippen molar-refractivity contribution in [2.75, 3.05) is 25.5 Å². The molecule has 0 amide bonds. The van der Waals surface area contributed by atoms with Crippen LogP contribution in [0, 0.1) is 0 Å². The minimum atomic E-state index is -3.26. The van der Waals surface area contributed by atoms with Gasteiger partial charge in [0.1, 0.15) is 0 Å². The molecule has 0 spiro atoms. The number of hydroxylamine groups is 1. The maximum Gasteiger partial charge on any atom is 0.238 e. The smallest absolute Gasteiger partial charge is 0.238 e. The maximum atomic E-state index is 11.7. The van der Waals surface area contributed by atoms with E-state index in [1.165, 1.54) is 0 Å². The Kier molecular flexibility index (Phi) is 3.06. The lowest BCUT2D eigenvalue weighted by Crippen LogP contribution is -2.33. The molecule has 0 bridgehead atoms. The fourth-order valence-corrected chi connectivity index (χ4v) is 3.28. The highest BCUT2D eigenvalue weighted by Crippen LogP contribution is 2.18. The predicted octanol–water partition coefficient (Wildman–Crippen LogP) is 0.133. The van der Waals surface area contributed by atoms with Gasteiger partial charge in [-0.2, -0.15) is 0 Å². The molecular formula is C8H15NO4S. The van der Waals surface area contributed by atoms with E-state index in [-0.39, 0.29) is 11.9 Å². The summed E-state index contributed by atoms with van der Waals surface area (Å²) in [6, 6.07) is 0. The molecule has 2 aliphatic heterocycles. The van der Waals surface area contributed by atoms with Crippen molar-refractivity contribution < 1.29 is 18.0 Å². The lowest BCUT2D eigenvalue weighted by atomic mass is 10.3. The van der Waals surface area contributed by atoms with E-state index in [1.54, 1.807) is 0 Å². The lowest BCUT2D eigenvalue weighted by molar-refractivity contribution is -0.0295. The molecule has 0 N–H and O–H groups in total. The summed E-state index contributed by atoms with van der Waals surface area (Å²) in [4.78, 5) is 5.02. The number of rotatable bonds is 3. The average Bonchev–Trinajstić information content (AvgIpc) is 2.71.